The average molecular weight is 248 g/mol. The fourth-order valence-corrected chi connectivity index (χ4v) is 2.27. The molecule has 0 aliphatic heterocycles. The molecule has 1 aliphatic carbocycles. The minimum absolute atomic E-state index is 0.0156. The molecule has 1 fully saturated rings. The number of carbonyl (C=O) groups excluding carboxylic acids is 1. The van der Waals surface area contributed by atoms with Gasteiger partial charge in [-0.2, -0.15) is 0 Å². The first-order chi connectivity index (χ1) is 8.69. The summed E-state index contributed by atoms with van der Waals surface area (Å²) in [7, 11) is 1.61. The van der Waals surface area contributed by atoms with Crippen molar-refractivity contribution in [3.63, 3.8) is 0 Å². The predicted molar refractivity (Wildman–Crippen MR) is 70.7 cm³/mol. The number of hydrogen-bond acceptors (Lipinski definition) is 3. The summed E-state index contributed by atoms with van der Waals surface area (Å²) < 4.78 is 5.07. The minimum atomic E-state index is -0.0156. The van der Waals surface area contributed by atoms with Crippen LogP contribution in [0.5, 0.6) is 5.75 Å². The van der Waals surface area contributed by atoms with Crippen LogP contribution in [0.25, 0.3) is 0 Å². The second-order valence-corrected chi connectivity index (χ2v) is 4.81. The minimum Gasteiger partial charge on any atom is -0.497 e. The van der Waals surface area contributed by atoms with Crippen molar-refractivity contribution in [3.8, 4) is 5.75 Å². The molecule has 1 amide bonds. The molecule has 0 spiro atoms. The normalized spacial score (nSPS) is 23.4. The van der Waals surface area contributed by atoms with Gasteiger partial charge < -0.3 is 15.8 Å². The van der Waals surface area contributed by atoms with Gasteiger partial charge in [-0.3, -0.25) is 4.79 Å². The van der Waals surface area contributed by atoms with Crippen molar-refractivity contribution in [1.29, 1.82) is 0 Å². The number of benzene rings is 1. The Morgan fingerprint density at radius 3 is 2.39 bits per heavy atom. The molecule has 1 aromatic carbocycles. The third kappa shape index (κ3) is 3.23. The van der Waals surface area contributed by atoms with E-state index in [2.05, 4.69) is 5.32 Å². The standard InChI is InChI=1S/C14H20N2O2/c1-18-13-8-2-10(3-9-13)14(17)16-12-6-4-11(15)5-7-12/h2-3,8-9,11-12H,4-7,15H2,1H3,(H,16,17)/t11-,12+. The van der Waals surface area contributed by atoms with E-state index in [9.17, 15) is 4.79 Å². The second kappa shape index (κ2) is 5.87. The molecule has 98 valence electrons. The van der Waals surface area contributed by atoms with Crippen molar-refractivity contribution in [2.45, 2.75) is 37.8 Å². The lowest BCUT2D eigenvalue weighted by Gasteiger charge is -2.26. The number of carbonyl (C=O) groups is 1. The number of hydrogen-bond donors (Lipinski definition) is 2. The quantitative estimate of drug-likeness (QED) is 0.855. The van der Waals surface area contributed by atoms with Gasteiger partial charge >= 0.3 is 0 Å². The molecule has 0 atom stereocenters. The molecule has 1 aromatic rings. The molecule has 18 heavy (non-hydrogen) atoms. The van der Waals surface area contributed by atoms with Crippen LogP contribution in [0.4, 0.5) is 0 Å². The Balaban J connectivity index is 1.90. The molecule has 0 aromatic heterocycles. The maximum atomic E-state index is 12.0. The van der Waals surface area contributed by atoms with E-state index in [0.717, 1.165) is 31.4 Å². The van der Waals surface area contributed by atoms with E-state index in [0.29, 0.717) is 11.6 Å². The zero-order chi connectivity index (χ0) is 13.0. The van der Waals surface area contributed by atoms with E-state index >= 15 is 0 Å². The first-order valence-corrected chi connectivity index (χ1v) is 6.39. The van der Waals surface area contributed by atoms with Crippen LogP contribution < -0.4 is 15.8 Å². The molecule has 1 aliphatic rings. The summed E-state index contributed by atoms with van der Waals surface area (Å²) in [5.41, 5.74) is 6.52. The van der Waals surface area contributed by atoms with Gasteiger partial charge in [0.2, 0.25) is 0 Å². The van der Waals surface area contributed by atoms with Crippen LogP contribution in [-0.2, 0) is 0 Å². The highest BCUT2D eigenvalue weighted by Crippen LogP contribution is 2.18. The largest absolute Gasteiger partial charge is 0.497 e. The Hall–Kier alpha value is -1.55. The van der Waals surface area contributed by atoms with Crippen molar-refractivity contribution < 1.29 is 9.53 Å². The number of nitrogens with one attached hydrogen (secondary N) is 1. The molecular formula is C14H20N2O2. The lowest BCUT2D eigenvalue weighted by molar-refractivity contribution is 0.0926. The maximum absolute atomic E-state index is 12.0. The van der Waals surface area contributed by atoms with Gasteiger partial charge in [0.15, 0.2) is 0 Å². The monoisotopic (exact) mass is 248 g/mol. The van der Waals surface area contributed by atoms with Crippen molar-refractivity contribution in [2.24, 2.45) is 5.73 Å². The van der Waals surface area contributed by atoms with Gasteiger partial charge in [0, 0.05) is 17.6 Å². The first kappa shape index (κ1) is 12.9. The number of nitrogens with two attached hydrogens (primary N) is 1. The number of methoxy groups -OCH3 is 1. The topological polar surface area (TPSA) is 64.3 Å². The molecule has 3 N–H and O–H groups in total. The summed E-state index contributed by atoms with van der Waals surface area (Å²) in [6, 6.07) is 7.72. The molecule has 0 heterocycles. The first-order valence-electron chi connectivity index (χ1n) is 6.39. The Labute approximate surface area is 108 Å². The van der Waals surface area contributed by atoms with E-state index in [4.69, 9.17) is 10.5 Å². The highest BCUT2D eigenvalue weighted by molar-refractivity contribution is 5.94. The molecule has 0 saturated heterocycles. The Morgan fingerprint density at radius 1 is 1.22 bits per heavy atom. The van der Waals surface area contributed by atoms with Crippen LogP contribution in [0.15, 0.2) is 24.3 Å². The van der Waals surface area contributed by atoms with Gasteiger partial charge in [-0.15, -0.1) is 0 Å². The Bertz CT molecular complexity index is 395. The van der Waals surface area contributed by atoms with E-state index in [1.165, 1.54) is 0 Å². The second-order valence-electron chi connectivity index (χ2n) is 4.81. The maximum Gasteiger partial charge on any atom is 0.251 e. The Kier molecular flexibility index (Phi) is 4.20. The summed E-state index contributed by atoms with van der Waals surface area (Å²) >= 11 is 0. The molecule has 0 unspecified atom stereocenters. The SMILES string of the molecule is COc1ccc(C(=O)N[C@H]2CC[C@@H](N)CC2)cc1. The molecule has 4 nitrogen and oxygen atoms in total. The highest BCUT2D eigenvalue weighted by atomic mass is 16.5. The summed E-state index contributed by atoms with van der Waals surface area (Å²) in [6.45, 7) is 0. The fourth-order valence-electron chi connectivity index (χ4n) is 2.27. The third-order valence-corrected chi connectivity index (χ3v) is 3.46. The average Bonchev–Trinajstić information content (AvgIpc) is 2.41. The van der Waals surface area contributed by atoms with Crippen LogP contribution in [-0.4, -0.2) is 25.1 Å². The van der Waals surface area contributed by atoms with E-state index in [-0.39, 0.29) is 11.9 Å². The van der Waals surface area contributed by atoms with E-state index in [1.807, 2.05) is 0 Å². The van der Waals surface area contributed by atoms with Gasteiger partial charge in [0.1, 0.15) is 5.75 Å². The number of rotatable bonds is 3. The Morgan fingerprint density at radius 2 is 1.83 bits per heavy atom. The predicted octanol–water partition coefficient (Wildman–Crippen LogP) is 1.69. The smallest absolute Gasteiger partial charge is 0.251 e. The summed E-state index contributed by atoms with van der Waals surface area (Å²) in [5.74, 6) is 0.744. The van der Waals surface area contributed by atoms with E-state index < -0.39 is 0 Å². The van der Waals surface area contributed by atoms with Gasteiger partial charge in [-0.1, -0.05) is 0 Å². The van der Waals surface area contributed by atoms with Gasteiger partial charge in [-0.05, 0) is 49.9 Å². The zero-order valence-electron chi connectivity index (χ0n) is 10.7. The van der Waals surface area contributed by atoms with Crippen molar-refractivity contribution in [3.05, 3.63) is 29.8 Å². The van der Waals surface area contributed by atoms with Crippen molar-refractivity contribution in [1.82, 2.24) is 5.32 Å². The number of ether oxygens (including phenoxy) is 1. The van der Waals surface area contributed by atoms with Crippen LogP contribution in [0.3, 0.4) is 0 Å². The molecule has 4 heteroatoms. The highest BCUT2D eigenvalue weighted by Gasteiger charge is 2.20. The van der Waals surface area contributed by atoms with Crippen molar-refractivity contribution in [2.75, 3.05) is 7.11 Å². The summed E-state index contributed by atoms with van der Waals surface area (Å²) in [5, 5.41) is 3.06. The molecule has 0 bridgehead atoms. The van der Waals surface area contributed by atoms with Crippen LogP contribution >= 0.6 is 0 Å². The fraction of sp³-hybridized carbons (Fsp3) is 0.500. The third-order valence-electron chi connectivity index (χ3n) is 3.46. The van der Waals surface area contributed by atoms with Crippen molar-refractivity contribution >= 4 is 5.91 Å². The van der Waals surface area contributed by atoms with Gasteiger partial charge in [-0.25, -0.2) is 0 Å². The van der Waals surface area contributed by atoms with Crippen LogP contribution in [0.1, 0.15) is 36.0 Å². The van der Waals surface area contributed by atoms with Crippen LogP contribution in [0, 0.1) is 0 Å². The van der Waals surface area contributed by atoms with Gasteiger partial charge in [0.05, 0.1) is 7.11 Å². The van der Waals surface area contributed by atoms with E-state index in [1.54, 1.807) is 31.4 Å². The lowest BCUT2D eigenvalue weighted by Crippen LogP contribution is -2.40. The van der Waals surface area contributed by atoms with Crippen LogP contribution in [0.2, 0.25) is 0 Å². The lowest BCUT2D eigenvalue weighted by atomic mass is 9.91. The summed E-state index contributed by atoms with van der Waals surface area (Å²) in [4.78, 5) is 12.0. The number of amides is 1. The molecular weight excluding hydrogens is 228 g/mol. The van der Waals surface area contributed by atoms with Gasteiger partial charge in [0.25, 0.3) is 5.91 Å². The summed E-state index contributed by atoms with van der Waals surface area (Å²) in [6.07, 6.45) is 3.94. The molecule has 1 saturated carbocycles. The molecule has 0 radical (unpaired) electrons. The molecule has 2 rings (SSSR count). The zero-order valence-corrected chi connectivity index (χ0v) is 10.7.